The first-order valence-electron chi connectivity index (χ1n) is 8.06. The average Bonchev–Trinajstić information content (AvgIpc) is 2.61. The van der Waals surface area contributed by atoms with Gasteiger partial charge in [0.2, 0.25) is 0 Å². The number of halogens is 1. The van der Waals surface area contributed by atoms with Crippen molar-refractivity contribution < 1.29 is 8.81 Å². The van der Waals surface area contributed by atoms with Gasteiger partial charge in [-0.1, -0.05) is 36.4 Å². The van der Waals surface area contributed by atoms with Gasteiger partial charge in [0.1, 0.15) is 11.4 Å². The molecule has 0 atom stereocenters. The van der Waals surface area contributed by atoms with Crippen molar-refractivity contribution in [1.29, 1.82) is 0 Å². The van der Waals surface area contributed by atoms with Crippen LogP contribution in [-0.2, 0) is 6.54 Å². The lowest BCUT2D eigenvalue weighted by Gasteiger charge is -2.12. The van der Waals surface area contributed by atoms with Gasteiger partial charge in [0.05, 0.1) is 0 Å². The van der Waals surface area contributed by atoms with Gasteiger partial charge < -0.3 is 9.73 Å². The molecular formula is C21H16FNO2. The van der Waals surface area contributed by atoms with E-state index in [1.165, 1.54) is 18.2 Å². The van der Waals surface area contributed by atoms with Crippen molar-refractivity contribution in [3.05, 3.63) is 88.0 Å². The fraction of sp³-hybridized carbons (Fsp3) is 0.0952. The first-order chi connectivity index (χ1) is 12.1. The van der Waals surface area contributed by atoms with Crippen LogP contribution in [0, 0.1) is 12.7 Å². The molecule has 3 aromatic carbocycles. The highest BCUT2D eigenvalue weighted by Gasteiger charge is 2.10. The Morgan fingerprint density at radius 2 is 1.88 bits per heavy atom. The number of hydrogen-bond acceptors (Lipinski definition) is 3. The maximum atomic E-state index is 13.5. The predicted octanol–water partition coefficient (Wildman–Crippen LogP) is 5.01. The molecule has 1 aromatic heterocycles. The van der Waals surface area contributed by atoms with Gasteiger partial charge in [-0.2, -0.15) is 0 Å². The van der Waals surface area contributed by atoms with Crippen LogP contribution in [0.1, 0.15) is 11.1 Å². The molecule has 0 fully saturated rings. The third-order valence-electron chi connectivity index (χ3n) is 4.38. The Bertz CT molecular complexity index is 1150. The Labute approximate surface area is 143 Å². The molecule has 0 unspecified atom stereocenters. The molecule has 0 bridgehead atoms. The highest BCUT2D eigenvalue weighted by Crippen LogP contribution is 2.28. The minimum atomic E-state index is -0.393. The second-order valence-corrected chi connectivity index (χ2v) is 6.06. The Kier molecular flexibility index (Phi) is 3.73. The number of hydrogen-bond donors (Lipinski definition) is 1. The van der Waals surface area contributed by atoms with E-state index in [-0.39, 0.29) is 5.82 Å². The number of fused-ring (bicyclic) bond motifs is 3. The molecule has 1 N–H and O–H groups in total. The van der Waals surface area contributed by atoms with Gasteiger partial charge >= 0.3 is 5.63 Å². The van der Waals surface area contributed by atoms with Gasteiger partial charge in [0, 0.05) is 23.7 Å². The van der Waals surface area contributed by atoms with E-state index >= 15 is 0 Å². The van der Waals surface area contributed by atoms with Gasteiger partial charge in [-0.25, -0.2) is 9.18 Å². The van der Waals surface area contributed by atoms with Crippen molar-refractivity contribution in [2.24, 2.45) is 0 Å². The quantitative estimate of drug-likeness (QED) is 0.423. The lowest BCUT2D eigenvalue weighted by atomic mass is 10.0. The fourth-order valence-corrected chi connectivity index (χ4v) is 3.13. The van der Waals surface area contributed by atoms with Crippen LogP contribution in [0.25, 0.3) is 21.7 Å². The molecule has 0 amide bonds. The highest BCUT2D eigenvalue weighted by atomic mass is 19.1. The summed E-state index contributed by atoms with van der Waals surface area (Å²) < 4.78 is 18.9. The maximum Gasteiger partial charge on any atom is 0.336 e. The molecule has 0 radical (unpaired) electrons. The molecule has 3 nitrogen and oxygen atoms in total. The van der Waals surface area contributed by atoms with Crippen LogP contribution in [0.2, 0.25) is 0 Å². The number of nitrogens with one attached hydrogen (secondary N) is 1. The smallest absolute Gasteiger partial charge is 0.336 e. The van der Waals surface area contributed by atoms with E-state index in [0.29, 0.717) is 17.8 Å². The Morgan fingerprint density at radius 1 is 1.04 bits per heavy atom. The van der Waals surface area contributed by atoms with E-state index in [1.54, 1.807) is 6.07 Å². The van der Waals surface area contributed by atoms with Crippen LogP contribution in [0.3, 0.4) is 0 Å². The lowest BCUT2D eigenvalue weighted by molar-refractivity contribution is 0.559. The van der Waals surface area contributed by atoms with E-state index in [2.05, 4.69) is 5.32 Å². The summed E-state index contributed by atoms with van der Waals surface area (Å²) in [4.78, 5) is 11.9. The summed E-state index contributed by atoms with van der Waals surface area (Å²) in [7, 11) is 0. The Balaban J connectivity index is 1.84. The number of benzene rings is 3. The molecule has 124 valence electrons. The van der Waals surface area contributed by atoms with Crippen molar-refractivity contribution in [2.75, 3.05) is 5.32 Å². The summed E-state index contributed by atoms with van der Waals surface area (Å²) in [5.74, 6) is -0.295. The van der Waals surface area contributed by atoms with E-state index in [0.717, 1.165) is 27.3 Å². The second kappa shape index (κ2) is 6.06. The summed E-state index contributed by atoms with van der Waals surface area (Å²) in [6, 6.07) is 17.8. The normalized spacial score (nSPS) is 11.1. The molecule has 0 aliphatic rings. The zero-order chi connectivity index (χ0) is 17.4. The number of anilines is 1. The van der Waals surface area contributed by atoms with Crippen molar-refractivity contribution in [3.8, 4) is 0 Å². The van der Waals surface area contributed by atoms with Crippen LogP contribution < -0.4 is 10.9 Å². The molecule has 0 aliphatic heterocycles. The zero-order valence-corrected chi connectivity index (χ0v) is 13.7. The summed E-state index contributed by atoms with van der Waals surface area (Å²) in [5, 5.41) is 6.24. The molecule has 4 rings (SSSR count). The van der Waals surface area contributed by atoms with Gasteiger partial charge in [0.25, 0.3) is 0 Å². The lowest BCUT2D eigenvalue weighted by Crippen LogP contribution is -2.07. The monoisotopic (exact) mass is 333 g/mol. The Hall–Kier alpha value is -3.14. The summed E-state index contributed by atoms with van der Waals surface area (Å²) in [6.45, 7) is 2.31. The highest BCUT2D eigenvalue weighted by molar-refractivity contribution is 6.07. The second-order valence-electron chi connectivity index (χ2n) is 6.06. The largest absolute Gasteiger partial charge is 0.423 e. The van der Waals surface area contributed by atoms with Gasteiger partial charge in [-0.3, -0.25) is 0 Å². The molecule has 4 aromatic rings. The van der Waals surface area contributed by atoms with Crippen LogP contribution in [0.4, 0.5) is 10.1 Å². The number of rotatable bonds is 3. The summed E-state index contributed by atoms with van der Waals surface area (Å²) in [5.41, 5.74) is 2.64. The zero-order valence-electron chi connectivity index (χ0n) is 13.7. The molecule has 25 heavy (non-hydrogen) atoms. The molecule has 1 heterocycles. The summed E-state index contributed by atoms with van der Waals surface area (Å²) >= 11 is 0. The molecule has 0 aliphatic carbocycles. The number of aryl methyl sites for hydroxylation is 1. The molecule has 4 heteroatoms. The fourth-order valence-electron chi connectivity index (χ4n) is 3.13. The maximum absolute atomic E-state index is 13.5. The van der Waals surface area contributed by atoms with E-state index in [4.69, 9.17) is 4.42 Å². The SMILES string of the molecule is Cc1ccc(F)cc1NCc1cc(=O)oc2ccc3ccccc3c12. The van der Waals surface area contributed by atoms with E-state index in [9.17, 15) is 9.18 Å². The van der Waals surface area contributed by atoms with E-state index < -0.39 is 5.63 Å². The van der Waals surface area contributed by atoms with Gasteiger partial charge in [-0.15, -0.1) is 0 Å². The first-order valence-corrected chi connectivity index (χ1v) is 8.06. The summed E-state index contributed by atoms with van der Waals surface area (Å²) in [6.07, 6.45) is 0. The topological polar surface area (TPSA) is 42.2 Å². The van der Waals surface area contributed by atoms with E-state index in [1.807, 2.05) is 43.3 Å². The molecular weight excluding hydrogens is 317 g/mol. The van der Waals surface area contributed by atoms with Crippen molar-refractivity contribution in [1.82, 2.24) is 0 Å². The van der Waals surface area contributed by atoms with Crippen molar-refractivity contribution in [3.63, 3.8) is 0 Å². The van der Waals surface area contributed by atoms with Crippen LogP contribution in [-0.4, -0.2) is 0 Å². The minimum Gasteiger partial charge on any atom is -0.423 e. The third kappa shape index (κ3) is 2.87. The third-order valence-corrected chi connectivity index (χ3v) is 4.38. The van der Waals surface area contributed by atoms with Gasteiger partial charge in [0.15, 0.2) is 0 Å². The van der Waals surface area contributed by atoms with Crippen molar-refractivity contribution >= 4 is 27.4 Å². The van der Waals surface area contributed by atoms with Crippen LogP contribution >= 0.6 is 0 Å². The van der Waals surface area contributed by atoms with Crippen LogP contribution in [0.5, 0.6) is 0 Å². The Morgan fingerprint density at radius 3 is 2.76 bits per heavy atom. The minimum absolute atomic E-state index is 0.295. The molecule has 0 saturated heterocycles. The van der Waals surface area contributed by atoms with Gasteiger partial charge in [-0.05, 0) is 47.0 Å². The standard InChI is InChI=1S/C21H16FNO2/c1-13-6-8-16(22)11-18(13)23-12-15-10-20(24)25-19-9-7-14-4-2-3-5-17(14)21(15)19/h2-11,23H,12H2,1H3. The van der Waals surface area contributed by atoms with Crippen LogP contribution in [0.15, 0.2) is 69.9 Å². The molecule has 0 spiro atoms. The van der Waals surface area contributed by atoms with Crippen molar-refractivity contribution in [2.45, 2.75) is 13.5 Å². The average molecular weight is 333 g/mol. The first kappa shape index (κ1) is 15.4. The predicted molar refractivity (Wildman–Crippen MR) is 98.5 cm³/mol. The molecule has 0 saturated carbocycles.